The molecule has 1 unspecified atom stereocenters. The maximum atomic E-state index is 6.87. The number of fused-ring (bicyclic) bond motifs is 16. The van der Waals surface area contributed by atoms with Crippen molar-refractivity contribution in [3.8, 4) is 78.4 Å². The highest BCUT2D eigenvalue weighted by atomic mass is 16.3. The molecule has 0 bridgehead atoms. The molecule has 0 saturated heterocycles. The van der Waals surface area contributed by atoms with Crippen LogP contribution in [-0.4, -0.2) is 15.0 Å². The van der Waals surface area contributed by atoms with E-state index < -0.39 is 5.41 Å². The van der Waals surface area contributed by atoms with Gasteiger partial charge in [0.05, 0.1) is 16.8 Å². The molecule has 3 heterocycles. The van der Waals surface area contributed by atoms with Gasteiger partial charge in [-0.15, -0.1) is 0 Å². The van der Waals surface area contributed by atoms with Gasteiger partial charge in [0.15, 0.2) is 5.82 Å². The Kier molecular flexibility index (Phi) is 7.49. The van der Waals surface area contributed by atoms with Crippen LogP contribution in [-0.2, 0) is 5.41 Å². The SMILES string of the molecule is c1ccc(-c2nc(-c3ccc(-c4cccnc4)cc3)cc(-c3ccc4c(c3)C3(c5ccccc5-c5ccccc5-4)c4ccccc4-c4c3ccc3c4oc4ccccc43)n2)cc1. The van der Waals surface area contributed by atoms with Crippen molar-refractivity contribution in [2.45, 2.75) is 5.41 Å². The van der Waals surface area contributed by atoms with Gasteiger partial charge in [0.25, 0.3) is 0 Å². The summed E-state index contributed by atoms with van der Waals surface area (Å²) in [4.78, 5) is 14.9. The minimum atomic E-state index is -0.694. The van der Waals surface area contributed by atoms with E-state index in [2.05, 4.69) is 181 Å². The van der Waals surface area contributed by atoms with Crippen LogP contribution >= 0.6 is 0 Å². The number of aromatic nitrogens is 3. The van der Waals surface area contributed by atoms with Crippen LogP contribution in [0.15, 0.2) is 217 Å². The van der Waals surface area contributed by atoms with E-state index in [0.717, 1.165) is 66.7 Å². The van der Waals surface area contributed by atoms with E-state index in [1.54, 1.807) is 6.20 Å². The molecule has 0 fully saturated rings. The maximum Gasteiger partial charge on any atom is 0.160 e. The van der Waals surface area contributed by atoms with Crippen LogP contribution in [0.5, 0.6) is 0 Å². The molecule has 0 N–H and O–H groups in total. The first-order chi connectivity index (χ1) is 30.7. The summed E-state index contributed by atoms with van der Waals surface area (Å²) in [5.41, 5.74) is 20.1. The van der Waals surface area contributed by atoms with Gasteiger partial charge < -0.3 is 4.42 Å². The van der Waals surface area contributed by atoms with E-state index >= 15 is 0 Å². The fourth-order valence-corrected chi connectivity index (χ4v) is 10.3. The number of hydrogen-bond donors (Lipinski definition) is 0. The fourth-order valence-electron chi connectivity index (χ4n) is 10.3. The van der Waals surface area contributed by atoms with Crippen LogP contribution < -0.4 is 0 Å². The highest BCUT2D eigenvalue weighted by Gasteiger charge is 2.50. The molecule has 2 aliphatic rings. The van der Waals surface area contributed by atoms with Crippen molar-refractivity contribution in [2.75, 3.05) is 0 Å². The zero-order valence-corrected chi connectivity index (χ0v) is 33.5. The van der Waals surface area contributed by atoms with Crippen LogP contribution in [0, 0.1) is 0 Å². The lowest BCUT2D eigenvalue weighted by Crippen LogP contribution is -2.29. The lowest BCUT2D eigenvalue weighted by Gasteiger charge is -2.35. The first-order valence-electron chi connectivity index (χ1n) is 21.1. The molecule has 288 valence electrons. The number of furan rings is 1. The summed E-state index contributed by atoms with van der Waals surface area (Å²) >= 11 is 0. The van der Waals surface area contributed by atoms with Crippen LogP contribution in [0.1, 0.15) is 22.3 Å². The van der Waals surface area contributed by atoms with Gasteiger partial charge in [0.1, 0.15) is 11.2 Å². The van der Waals surface area contributed by atoms with E-state index in [-0.39, 0.29) is 0 Å². The Morgan fingerprint density at radius 1 is 0.371 bits per heavy atom. The second kappa shape index (κ2) is 13.4. The third-order valence-electron chi connectivity index (χ3n) is 13.0. The van der Waals surface area contributed by atoms with Gasteiger partial charge in [-0.2, -0.15) is 0 Å². The monoisotopic (exact) mass is 789 g/mol. The average molecular weight is 790 g/mol. The third-order valence-corrected chi connectivity index (χ3v) is 13.0. The molecule has 0 amide bonds. The molecule has 62 heavy (non-hydrogen) atoms. The summed E-state index contributed by atoms with van der Waals surface area (Å²) in [5.74, 6) is 0.679. The van der Waals surface area contributed by atoms with Crippen LogP contribution in [0.4, 0.5) is 0 Å². The first kappa shape index (κ1) is 34.6. The highest BCUT2D eigenvalue weighted by molar-refractivity contribution is 6.13. The van der Waals surface area contributed by atoms with E-state index in [9.17, 15) is 0 Å². The molecule has 13 rings (SSSR count). The van der Waals surface area contributed by atoms with Gasteiger partial charge in [-0.3, -0.25) is 4.98 Å². The first-order valence-corrected chi connectivity index (χ1v) is 21.1. The van der Waals surface area contributed by atoms with Crippen molar-refractivity contribution in [1.82, 2.24) is 15.0 Å². The number of rotatable bonds is 4. The smallest absolute Gasteiger partial charge is 0.160 e. The molecule has 11 aromatic rings. The molecule has 4 heteroatoms. The summed E-state index contributed by atoms with van der Waals surface area (Å²) in [6.07, 6.45) is 3.70. The second-order valence-corrected chi connectivity index (χ2v) is 16.3. The standard InChI is InChI=1S/C58H35N3O/c1-2-13-38(14-3-1)57-60-52(37-26-24-36(25-27-37)40-15-12-32-59-35-40)34-53(61-57)39-28-29-44-42-17-5-4-16-41(42)43-18-6-9-21-48(43)58(51(44)33-39)49-22-10-7-20-47(49)55-50(58)31-30-46-45-19-8-11-23-54(45)62-56(46)55/h1-35H. The number of hydrogen-bond acceptors (Lipinski definition) is 4. The van der Waals surface area contributed by atoms with Crippen molar-refractivity contribution >= 4 is 21.9 Å². The normalized spacial score (nSPS) is 14.5. The summed E-state index contributed by atoms with van der Waals surface area (Å²) in [6, 6.07) is 71.9. The highest BCUT2D eigenvalue weighted by Crippen LogP contribution is 2.63. The minimum absolute atomic E-state index is 0.679. The lowest BCUT2D eigenvalue weighted by atomic mass is 9.65. The number of para-hydroxylation sites is 1. The van der Waals surface area contributed by atoms with E-state index in [4.69, 9.17) is 14.4 Å². The van der Waals surface area contributed by atoms with Gasteiger partial charge >= 0.3 is 0 Å². The topological polar surface area (TPSA) is 51.8 Å². The Labute approximate surface area is 358 Å². The average Bonchev–Trinajstić information content (AvgIpc) is 3.85. The summed E-state index contributed by atoms with van der Waals surface area (Å²) in [5, 5.41) is 2.25. The Morgan fingerprint density at radius 3 is 1.76 bits per heavy atom. The Hall–Kier alpha value is -8.21. The van der Waals surface area contributed by atoms with Gasteiger partial charge in [-0.05, 0) is 85.5 Å². The lowest BCUT2D eigenvalue weighted by molar-refractivity contribution is 0.669. The molecule has 0 radical (unpaired) electrons. The van der Waals surface area contributed by atoms with Crippen molar-refractivity contribution in [2.24, 2.45) is 0 Å². The molecular formula is C58H35N3O. The molecular weight excluding hydrogens is 755 g/mol. The third kappa shape index (κ3) is 4.98. The van der Waals surface area contributed by atoms with Crippen LogP contribution in [0.25, 0.3) is 100 Å². The zero-order chi connectivity index (χ0) is 40.8. The van der Waals surface area contributed by atoms with Gasteiger partial charge in [0.2, 0.25) is 0 Å². The molecule has 4 nitrogen and oxygen atoms in total. The largest absolute Gasteiger partial charge is 0.455 e. The Bertz CT molecular complexity index is 3570. The van der Waals surface area contributed by atoms with Gasteiger partial charge in [-0.25, -0.2) is 9.97 Å². The molecule has 3 aromatic heterocycles. The van der Waals surface area contributed by atoms with E-state index in [0.29, 0.717) is 5.82 Å². The predicted molar refractivity (Wildman–Crippen MR) is 251 cm³/mol. The molecule has 0 aliphatic heterocycles. The van der Waals surface area contributed by atoms with E-state index in [1.807, 2.05) is 30.5 Å². The van der Waals surface area contributed by atoms with Gasteiger partial charge in [0, 0.05) is 45.4 Å². The van der Waals surface area contributed by atoms with Crippen LogP contribution in [0.3, 0.4) is 0 Å². The van der Waals surface area contributed by atoms with E-state index in [1.165, 1.54) is 50.1 Å². The summed E-state index contributed by atoms with van der Waals surface area (Å²) < 4.78 is 6.87. The fraction of sp³-hybridized carbons (Fsp3) is 0.0172. The minimum Gasteiger partial charge on any atom is -0.455 e. The maximum absolute atomic E-state index is 6.87. The number of benzene rings is 8. The predicted octanol–water partition coefficient (Wildman–Crippen LogP) is 14.4. The summed E-state index contributed by atoms with van der Waals surface area (Å²) in [7, 11) is 0. The van der Waals surface area contributed by atoms with Crippen molar-refractivity contribution in [1.29, 1.82) is 0 Å². The zero-order valence-electron chi connectivity index (χ0n) is 33.5. The quantitative estimate of drug-likeness (QED) is 0.178. The molecule has 8 aromatic carbocycles. The Balaban J connectivity index is 1.10. The van der Waals surface area contributed by atoms with Gasteiger partial charge in [-0.1, -0.05) is 176 Å². The number of nitrogens with zero attached hydrogens (tertiary/aromatic N) is 3. The van der Waals surface area contributed by atoms with Crippen molar-refractivity contribution < 1.29 is 4.42 Å². The second-order valence-electron chi connectivity index (χ2n) is 16.3. The molecule has 0 saturated carbocycles. The molecule has 1 spiro atoms. The van der Waals surface area contributed by atoms with Crippen molar-refractivity contribution in [3.05, 3.63) is 235 Å². The number of pyridine rings is 1. The molecule has 1 atom stereocenters. The summed E-state index contributed by atoms with van der Waals surface area (Å²) in [6.45, 7) is 0. The van der Waals surface area contributed by atoms with Crippen LogP contribution in [0.2, 0.25) is 0 Å². The van der Waals surface area contributed by atoms with Crippen molar-refractivity contribution in [3.63, 3.8) is 0 Å². The Morgan fingerprint density at radius 2 is 0.984 bits per heavy atom. The molecule has 2 aliphatic carbocycles.